The Kier molecular flexibility index (Phi) is 3.52. The van der Waals surface area contributed by atoms with Crippen molar-refractivity contribution in [2.45, 2.75) is 25.9 Å². The minimum atomic E-state index is -0.538. The summed E-state index contributed by atoms with van der Waals surface area (Å²) in [5, 5.41) is 0. The van der Waals surface area contributed by atoms with Crippen LogP contribution in [0, 0.1) is 5.82 Å². The highest BCUT2D eigenvalue weighted by molar-refractivity contribution is 5.96. The number of methoxy groups -OCH3 is 1. The third kappa shape index (κ3) is 3.40. The summed E-state index contributed by atoms with van der Waals surface area (Å²) in [6, 6.07) is 1.18. The van der Waals surface area contributed by atoms with E-state index in [9.17, 15) is 9.18 Å². The molecule has 1 rings (SSSR count). The quantitative estimate of drug-likeness (QED) is 0.717. The maximum absolute atomic E-state index is 12.8. The van der Waals surface area contributed by atoms with Crippen molar-refractivity contribution in [3.05, 3.63) is 29.8 Å². The molecule has 0 aliphatic carbocycles. The van der Waals surface area contributed by atoms with Crippen molar-refractivity contribution in [3.8, 4) is 0 Å². The Balaban J connectivity index is 2.78. The second kappa shape index (κ2) is 4.49. The highest BCUT2D eigenvalue weighted by atomic mass is 19.1. The lowest BCUT2D eigenvalue weighted by atomic mass is 9.98. The Morgan fingerprint density at radius 2 is 2.20 bits per heavy atom. The maximum atomic E-state index is 12.8. The molecular weight excluding hydrogens is 197 g/mol. The zero-order valence-corrected chi connectivity index (χ0v) is 9.08. The second-order valence-electron chi connectivity index (χ2n) is 3.96. The van der Waals surface area contributed by atoms with Gasteiger partial charge >= 0.3 is 0 Å². The molecule has 0 atom stereocenters. The highest BCUT2D eigenvalue weighted by Crippen LogP contribution is 2.16. The van der Waals surface area contributed by atoms with E-state index in [-0.39, 0.29) is 17.8 Å². The summed E-state index contributed by atoms with van der Waals surface area (Å²) in [5.41, 5.74) is -0.260. The molecule has 1 aromatic heterocycles. The van der Waals surface area contributed by atoms with Crippen LogP contribution in [-0.4, -0.2) is 23.5 Å². The van der Waals surface area contributed by atoms with E-state index >= 15 is 0 Å². The van der Waals surface area contributed by atoms with Crippen LogP contribution in [0.25, 0.3) is 0 Å². The van der Waals surface area contributed by atoms with Crippen LogP contribution in [0.2, 0.25) is 0 Å². The zero-order valence-electron chi connectivity index (χ0n) is 9.08. The summed E-state index contributed by atoms with van der Waals surface area (Å²) >= 11 is 0. The zero-order chi connectivity index (χ0) is 11.5. The van der Waals surface area contributed by atoms with Gasteiger partial charge in [-0.1, -0.05) is 0 Å². The van der Waals surface area contributed by atoms with E-state index in [1.165, 1.54) is 19.4 Å². The first-order valence-electron chi connectivity index (χ1n) is 4.63. The molecule has 82 valence electrons. The largest absolute Gasteiger partial charge is 0.378 e. The number of ether oxygens (including phenoxy) is 1. The lowest BCUT2D eigenvalue weighted by molar-refractivity contribution is 0.0172. The van der Waals surface area contributed by atoms with Gasteiger partial charge in [-0.3, -0.25) is 9.78 Å². The van der Waals surface area contributed by atoms with E-state index in [2.05, 4.69) is 4.98 Å². The minimum Gasteiger partial charge on any atom is -0.378 e. The van der Waals surface area contributed by atoms with Crippen LogP contribution in [0.3, 0.4) is 0 Å². The second-order valence-corrected chi connectivity index (χ2v) is 3.96. The average Bonchev–Trinajstić information content (AvgIpc) is 2.17. The lowest BCUT2D eigenvalue weighted by Gasteiger charge is -2.21. The molecule has 0 spiro atoms. The molecule has 0 aliphatic heterocycles. The van der Waals surface area contributed by atoms with Crippen molar-refractivity contribution in [1.29, 1.82) is 0 Å². The predicted molar refractivity (Wildman–Crippen MR) is 54.2 cm³/mol. The number of rotatable bonds is 4. The van der Waals surface area contributed by atoms with Gasteiger partial charge in [0.05, 0.1) is 11.8 Å². The normalized spacial score (nSPS) is 11.5. The van der Waals surface area contributed by atoms with Crippen LogP contribution in [-0.2, 0) is 4.74 Å². The maximum Gasteiger partial charge on any atom is 0.167 e. The van der Waals surface area contributed by atoms with E-state index in [4.69, 9.17) is 4.74 Å². The van der Waals surface area contributed by atoms with Gasteiger partial charge in [-0.15, -0.1) is 0 Å². The molecule has 0 radical (unpaired) electrons. The molecule has 0 bridgehead atoms. The van der Waals surface area contributed by atoms with Gasteiger partial charge in [0.15, 0.2) is 5.78 Å². The summed E-state index contributed by atoms with van der Waals surface area (Å²) in [6.07, 6.45) is 2.63. The van der Waals surface area contributed by atoms with Crippen molar-refractivity contribution >= 4 is 5.78 Å². The van der Waals surface area contributed by atoms with Crippen molar-refractivity contribution in [2.24, 2.45) is 0 Å². The Hall–Kier alpha value is -1.29. The van der Waals surface area contributed by atoms with Gasteiger partial charge in [0.25, 0.3) is 0 Å². The first-order valence-corrected chi connectivity index (χ1v) is 4.63. The molecule has 0 amide bonds. The van der Waals surface area contributed by atoms with Crippen LogP contribution in [0.5, 0.6) is 0 Å². The molecule has 4 heteroatoms. The number of nitrogens with zero attached hydrogens (tertiary/aromatic N) is 1. The predicted octanol–water partition coefficient (Wildman–Crippen LogP) is 2.22. The number of halogens is 1. The van der Waals surface area contributed by atoms with Gasteiger partial charge in [-0.2, -0.15) is 0 Å². The van der Waals surface area contributed by atoms with E-state index in [0.717, 1.165) is 6.20 Å². The Labute approximate surface area is 88.3 Å². The third-order valence-corrected chi connectivity index (χ3v) is 2.17. The van der Waals surface area contributed by atoms with Gasteiger partial charge in [0.2, 0.25) is 0 Å². The molecular formula is C11H14FNO2. The number of hydrogen-bond acceptors (Lipinski definition) is 3. The van der Waals surface area contributed by atoms with Crippen molar-refractivity contribution in [1.82, 2.24) is 4.98 Å². The van der Waals surface area contributed by atoms with Crippen molar-refractivity contribution in [2.75, 3.05) is 7.11 Å². The standard InChI is InChI=1S/C11H14FNO2/c1-11(2,15-3)5-10(14)8-4-9(12)7-13-6-8/h4,6-7H,5H2,1-3H3. The number of ketones is 1. The third-order valence-electron chi connectivity index (χ3n) is 2.17. The molecule has 0 saturated carbocycles. The topological polar surface area (TPSA) is 39.2 Å². The van der Waals surface area contributed by atoms with Gasteiger partial charge < -0.3 is 4.74 Å². The summed E-state index contributed by atoms with van der Waals surface area (Å²) in [4.78, 5) is 15.3. The van der Waals surface area contributed by atoms with Crippen molar-refractivity contribution < 1.29 is 13.9 Å². The lowest BCUT2D eigenvalue weighted by Crippen LogP contribution is -2.26. The van der Waals surface area contributed by atoms with Crippen molar-refractivity contribution in [3.63, 3.8) is 0 Å². The molecule has 0 fully saturated rings. The number of carbonyl (C=O) groups excluding carboxylic acids is 1. The van der Waals surface area contributed by atoms with Crippen LogP contribution in [0.1, 0.15) is 30.6 Å². The van der Waals surface area contributed by atoms with Gasteiger partial charge in [-0.25, -0.2) is 4.39 Å². The Morgan fingerprint density at radius 3 is 2.73 bits per heavy atom. The summed E-state index contributed by atoms with van der Waals surface area (Å²) in [7, 11) is 1.54. The fourth-order valence-corrected chi connectivity index (χ4v) is 1.13. The molecule has 0 N–H and O–H groups in total. The Bertz CT molecular complexity index is 363. The van der Waals surface area contributed by atoms with Gasteiger partial charge in [0, 0.05) is 25.3 Å². The molecule has 1 heterocycles. The SMILES string of the molecule is COC(C)(C)CC(=O)c1cncc(F)c1. The van der Waals surface area contributed by atoms with E-state index in [1.807, 2.05) is 0 Å². The van der Waals surface area contributed by atoms with E-state index < -0.39 is 11.4 Å². The van der Waals surface area contributed by atoms with Crippen LogP contribution in [0.15, 0.2) is 18.5 Å². The van der Waals surface area contributed by atoms with Gasteiger partial charge in [-0.05, 0) is 19.9 Å². The molecule has 0 unspecified atom stereocenters. The number of pyridine rings is 1. The molecule has 0 aromatic carbocycles. The summed E-state index contributed by atoms with van der Waals surface area (Å²) in [5.74, 6) is -0.676. The van der Waals surface area contributed by atoms with E-state index in [1.54, 1.807) is 13.8 Å². The number of carbonyl (C=O) groups is 1. The highest BCUT2D eigenvalue weighted by Gasteiger charge is 2.22. The molecule has 15 heavy (non-hydrogen) atoms. The van der Waals surface area contributed by atoms with Crippen LogP contribution >= 0.6 is 0 Å². The van der Waals surface area contributed by atoms with Crippen LogP contribution < -0.4 is 0 Å². The number of hydrogen-bond donors (Lipinski definition) is 0. The number of aromatic nitrogens is 1. The first-order chi connectivity index (χ1) is 6.94. The summed E-state index contributed by atoms with van der Waals surface area (Å²) < 4.78 is 17.9. The fourth-order valence-electron chi connectivity index (χ4n) is 1.13. The smallest absolute Gasteiger partial charge is 0.167 e. The first kappa shape index (κ1) is 11.8. The molecule has 0 aliphatic rings. The monoisotopic (exact) mass is 211 g/mol. The molecule has 0 saturated heterocycles. The number of Topliss-reactive ketones (excluding diaryl/α,β-unsaturated/α-hetero) is 1. The summed E-state index contributed by atoms with van der Waals surface area (Å²) in [6.45, 7) is 3.61. The van der Waals surface area contributed by atoms with Gasteiger partial charge in [0.1, 0.15) is 5.82 Å². The molecule has 3 nitrogen and oxygen atoms in total. The van der Waals surface area contributed by atoms with Crippen LogP contribution in [0.4, 0.5) is 4.39 Å². The average molecular weight is 211 g/mol. The molecule has 1 aromatic rings. The minimum absolute atomic E-state index is 0.172. The Morgan fingerprint density at radius 1 is 1.53 bits per heavy atom. The fraction of sp³-hybridized carbons (Fsp3) is 0.455. The van der Waals surface area contributed by atoms with E-state index in [0.29, 0.717) is 0 Å².